The number of thiol groups is 1. The zero-order valence-electron chi connectivity index (χ0n) is 8.18. The van der Waals surface area contributed by atoms with Crippen LogP contribution in [-0.2, 0) is 0 Å². The van der Waals surface area contributed by atoms with Crippen LogP contribution < -0.4 is 5.73 Å². The Morgan fingerprint density at radius 2 is 2.27 bits per heavy atom. The first-order chi connectivity index (χ1) is 7.16. The molecule has 0 fully saturated rings. The zero-order chi connectivity index (χ0) is 11.3. The Bertz CT molecular complexity index is 388. The zero-order valence-corrected chi connectivity index (χ0v) is 9.08. The number of hydrogen-bond acceptors (Lipinski definition) is 3. The summed E-state index contributed by atoms with van der Waals surface area (Å²) in [6.07, 6.45) is 4.39. The molecule has 0 amide bonds. The fourth-order valence-electron chi connectivity index (χ4n) is 1.23. The number of nitrogen functional groups attached to an aromatic ring is 1. The third-order valence-corrected chi connectivity index (χ3v) is 2.21. The van der Waals surface area contributed by atoms with Crippen molar-refractivity contribution in [1.82, 2.24) is 0 Å². The third-order valence-electron chi connectivity index (χ3n) is 1.95. The van der Waals surface area contributed by atoms with E-state index in [1.165, 1.54) is 0 Å². The van der Waals surface area contributed by atoms with Gasteiger partial charge in [-0.25, -0.2) is 4.79 Å². The lowest BCUT2D eigenvalue weighted by atomic mass is 10.0. The molecule has 0 aliphatic heterocycles. The van der Waals surface area contributed by atoms with Crippen LogP contribution in [0.2, 0.25) is 0 Å². The molecule has 1 rings (SSSR count). The molecule has 15 heavy (non-hydrogen) atoms. The van der Waals surface area contributed by atoms with Crippen LogP contribution >= 0.6 is 12.6 Å². The number of aromatic carboxylic acids is 1. The monoisotopic (exact) mass is 223 g/mol. The van der Waals surface area contributed by atoms with Gasteiger partial charge in [0.1, 0.15) is 0 Å². The van der Waals surface area contributed by atoms with Gasteiger partial charge in [-0.05, 0) is 24.3 Å². The quantitative estimate of drug-likeness (QED) is 0.542. The van der Waals surface area contributed by atoms with Gasteiger partial charge >= 0.3 is 5.97 Å². The van der Waals surface area contributed by atoms with Crippen molar-refractivity contribution in [3.05, 3.63) is 35.4 Å². The number of nitrogens with two attached hydrogens (primary N) is 1. The summed E-state index contributed by atoms with van der Waals surface area (Å²) in [4.78, 5) is 10.9. The minimum Gasteiger partial charge on any atom is -0.478 e. The van der Waals surface area contributed by atoms with E-state index in [2.05, 4.69) is 12.6 Å². The Balaban J connectivity index is 3.07. The molecule has 0 aromatic heterocycles. The number of carbonyl (C=O) groups is 1. The highest BCUT2D eigenvalue weighted by atomic mass is 32.1. The Labute approximate surface area is 94.0 Å². The van der Waals surface area contributed by atoms with Gasteiger partial charge < -0.3 is 10.8 Å². The van der Waals surface area contributed by atoms with Crippen LogP contribution in [0.1, 0.15) is 22.3 Å². The van der Waals surface area contributed by atoms with E-state index in [4.69, 9.17) is 10.8 Å². The number of benzene rings is 1. The van der Waals surface area contributed by atoms with Crippen molar-refractivity contribution in [2.24, 2.45) is 0 Å². The lowest BCUT2D eigenvalue weighted by molar-refractivity contribution is 0.0696. The number of carboxylic acid groups (broad SMARTS) is 1. The maximum atomic E-state index is 10.9. The molecule has 0 saturated heterocycles. The predicted molar refractivity (Wildman–Crippen MR) is 65.3 cm³/mol. The van der Waals surface area contributed by atoms with Gasteiger partial charge in [-0.15, -0.1) is 0 Å². The molecule has 0 atom stereocenters. The van der Waals surface area contributed by atoms with E-state index in [1.54, 1.807) is 24.3 Å². The summed E-state index contributed by atoms with van der Waals surface area (Å²) >= 11 is 4.06. The van der Waals surface area contributed by atoms with Crippen LogP contribution in [0.15, 0.2) is 24.3 Å². The van der Waals surface area contributed by atoms with Gasteiger partial charge in [-0.2, -0.15) is 12.6 Å². The lowest BCUT2D eigenvalue weighted by Crippen LogP contribution is -2.02. The van der Waals surface area contributed by atoms with Crippen molar-refractivity contribution in [2.75, 3.05) is 11.5 Å². The van der Waals surface area contributed by atoms with Crippen LogP contribution in [0.25, 0.3) is 6.08 Å². The topological polar surface area (TPSA) is 63.3 Å². The summed E-state index contributed by atoms with van der Waals surface area (Å²) in [6.45, 7) is 0. The second kappa shape index (κ2) is 5.46. The average molecular weight is 223 g/mol. The molecule has 0 radical (unpaired) electrons. The van der Waals surface area contributed by atoms with Crippen molar-refractivity contribution in [3.8, 4) is 0 Å². The normalized spacial score (nSPS) is 10.7. The number of rotatable bonds is 4. The Kier molecular flexibility index (Phi) is 4.24. The van der Waals surface area contributed by atoms with Gasteiger partial charge in [0.25, 0.3) is 0 Å². The highest BCUT2D eigenvalue weighted by molar-refractivity contribution is 7.80. The molecule has 0 spiro atoms. The molecular weight excluding hydrogens is 210 g/mol. The first kappa shape index (κ1) is 11.7. The van der Waals surface area contributed by atoms with Crippen LogP contribution in [-0.4, -0.2) is 16.8 Å². The van der Waals surface area contributed by atoms with Crippen molar-refractivity contribution < 1.29 is 9.90 Å². The molecule has 0 aliphatic carbocycles. The van der Waals surface area contributed by atoms with E-state index in [9.17, 15) is 4.79 Å². The minimum atomic E-state index is -0.965. The number of hydrogen-bond donors (Lipinski definition) is 3. The molecule has 0 heterocycles. The molecule has 1 aromatic rings. The molecule has 0 bridgehead atoms. The summed E-state index contributed by atoms with van der Waals surface area (Å²) in [7, 11) is 0. The maximum Gasteiger partial charge on any atom is 0.336 e. The third kappa shape index (κ3) is 3.02. The number of carboxylic acids is 1. The maximum absolute atomic E-state index is 10.9. The van der Waals surface area contributed by atoms with E-state index >= 15 is 0 Å². The second-order valence-corrected chi connectivity index (χ2v) is 3.48. The van der Waals surface area contributed by atoms with Crippen LogP contribution in [0, 0.1) is 0 Å². The van der Waals surface area contributed by atoms with Crippen LogP contribution in [0.5, 0.6) is 0 Å². The molecule has 0 saturated carbocycles. The fourth-order valence-corrected chi connectivity index (χ4v) is 1.38. The van der Waals surface area contributed by atoms with Crippen molar-refractivity contribution >= 4 is 30.4 Å². The highest BCUT2D eigenvalue weighted by Crippen LogP contribution is 2.19. The highest BCUT2D eigenvalue weighted by Gasteiger charge is 2.09. The van der Waals surface area contributed by atoms with Gasteiger partial charge in [0.05, 0.1) is 5.56 Å². The van der Waals surface area contributed by atoms with E-state index in [0.29, 0.717) is 11.3 Å². The summed E-state index contributed by atoms with van der Waals surface area (Å²) in [6, 6.07) is 4.86. The van der Waals surface area contributed by atoms with Gasteiger partial charge in [0, 0.05) is 11.3 Å². The molecule has 0 aliphatic rings. The molecule has 3 N–H and O–H groups in total. The van der Waals surface area contributed by atoms with E-state index < -0.39 is 5.97 Å². The Morgan fingerprint density at radius 3 is 2.87 bits per heavy atom. The Morgan fingerprint density at radius 1 is 1.53 bits per heavy atom. The summed E-state index contributed by atoms with van der Waals surface area (Å²) < 4.78 is 0. The van der Waals surface area contributed by atoms with Gasteiger partial charge in [0.15, 0.2) is 0 Å². The van der Waals surface area contributed by atoms with Crippen LogP contribution in [0.4, 0.5) is 5.69 Å². The standard InChI is InChI=1S/C11H13NO2S/c12-10-6-3-5-9(11(13)14)8(10)4-1-2-7-15/h1,3-6,15H,2,7,12H2,(H,13,14). The Hall–Kier alpha value is -1.42. The molecule has 0 unspecified atom stereocenters. The number of allylic oxidation sites excluding steroid dienone is 1. The van der Waals surface area contributed by atoms with Crippen molar-refractivity contribution in [3.63, 3.8) is 0 Å². The molecule has 3 nitrogen and oxygen atoms in total. The SMILES string of the molecule is Nc1cccc(C(=O)O)c1C=CCCS. The largest absolute Gasteiger partial charge is 0.478 e. The fraction of sp³-hybridized carbons (Fsp3) is 0.182. The smallest absolute Gasteiger partial charge is 0.336 e. The second-order valence-electron chi connectivity index (χ2n) is 3.03. The van der Waals surface area contributed by atoms with Gasteiger partial charge in [-0.1, -0.05) is 18.2 Å². The van der Waals surface area contributed by atoms with Gasteiger partial charge in [-0.3, -0.25) is 0 Å². The van der Waals surface area contributed by atoms with E-state index in [0.717, 1.165) is 12.2 Å². The molecular formula is C11H13NO2S. The summed E-state index contributed by atoms with van der Waals surface area (Å²) in [5.41, 5.74) is 6.97. The van der Waals surface area contributed by atoms with Crippen molar-refractivity contribution in [2.45, 2.75) is 6.42 Å². The van der Waals surface area contributed by atoms with E-state index in [1.807, 2.05) is 6.08 Å². The molecule has 4 heteroatoms. The summed E-state index contributed by atoms with van der Waals surface area (Å²) in [5, 5.41) is 8.94. The lowest BCUT2D eigenvalue weighted by Gasteiger charge is -2.04. The first-order valence-electron chi connectivity index (χ1n) is 4.56. The van der Waals surface area contributed by atoms with Gasteiger partial charge in [0.2, 0.25) is 0 Å². The van der Waals surface area contributed by atoms with E-state index in [-0.39, 0.29) is 5.56 Å². The molecule has 80 valence electrons. The first-order valence-corrected chi connectivity index (χ1v) is 5.19. The predicted octanol–water partition coefficient (Wildman–Crippen LogP) is 2.30. The van der Waals surface area contributed by atoms with Crippen molar-refractivity contribution in [1.29, 1.82) is 0 Å². The average Bonchev–Trinajstić information content (AvgIpc) is 2.20. The minimum absolute atomic E-state index is 0.227. The number of anilines is 1. The molecule has 1 aromatic carbocycles. The summed E-state index contributed by atoms with van der Waals surface area (Å²) in [5.74, 6) is -0.237. The van der Waals surface area contributed by atoms with Crippen LogP contribution in [0.3, 0.4) is 0 Å².